The number of ether oxygens (including phenoxy) is 1. The number of benzene rings is 1. The van der Waals surface area contributed by atoms with Crippen LogP contribution in [-0.2, 0) is 6.54 Å². The summed E-state index contributed by atoms with van der Waals surface area (Å²) in [5, 5.41) is 18.4. The molecule has 3 aromatic rings. The van der Waals surface area contributed by atoms with E-state index in [1.54, 1.807) is 6.07 Å². The summed E-state index contributed by atoms with van der Waals surface area (Å²) in [4.78, 5) is 22.2. The summed E-state index contributed by atoms with van der Waals surface area (Å²) in [6.07, 6.45) is 3.93. The number of hydrogen-bond acceptors (Lipinski definition) is 7. The summed E-state index contributed by atoms with van der Waals surface area (Å²) >= 11 is 0. The minimum atomic E-state index is -0.535. The van der Waals surface area contributed by atoms with Crippen LogP contribution in [0.2, 0.25) is 0 Å². The number of carbonyl (C=O) groups excluding carboxylic acids is 1. The molecule has 0 spiro atoms. The largest absolute Gasteiger partial charge is 0.494 e. The molecule has 0 bridgehead atoms. The number of rotatable bonds is 8. The molecule has 0 aliphatic heterocycles. The van der Waals surface area contributed by atoms with Gasteiger partial charge >= 0.3 is 11.6 Å². The lowest BCUT2D eigenvalue weighted by atomic mass is 10.2. The van der Waals surface area contributed by atoms with Crippen molar-refractivity contribution in [2.24, 2.45) is 5.10 Å². The smallest absolute Gasteiger partial charge is 0.307 e. The molecular formula is C18H17N5O5. The molecule has 1 N–H and O–H groups in total. The van der Waals surface area contributed by atoms with E-state index in [1.807, 2.05) is 31.2 Å². The first-order valence-corrected chi connectivity index (χ1v) is 8.37. The first-order chi connectivity index (χ1) is 13.5. The fraction of sp³-hybridized carbons (Fsp3) is 0.167. The highest BCUT2D eigenvalue weighted by molar-refractivity contribution is 5.92. The molecule has 10 heteroatoms. The highest BCUT2D eigenvalue weighted by atomic mass is 16.6. The lowest BCUT2D eigenvalue weighted by Gasteiger charge is -2.02. The van der Waals surface area contributed by atoms with Gasteiger partial charge in [0, 0.05) is 0 Å². The normalized spacial score (nSPS) is 10.9. The monoisotopic (exact) mass is 383 g/mol. The van der Waals surface area contributed by atoms with Gasteiger partial charge in [0.25, 0.3) is 0 Å². The van der Waals surface area contributed by atoms with Gasteiger partial charge in [0.1, 0.15) is 23.9 Å². The molecular weight excluding hydrogens is 366 g/mol. The van der Waals surface area contributed by atoms with Crippen molar-refractivity contribution in [2.75, 3.05) is 6.61 Å². The molecule has 0 atom stereocenters. The lowest BCUT2D eigenvalue weighted by molar-refractivity contribution is -0.385. The first kappa shape index (κ1) is 18.8. The van der Waals surface area contributed by atoms with Gasteiger partial charge in [-0.15, -0.1) is 0 Å². The third-order valence-corrected chi connectivity index (χ3v) is 3.60. The van der Waals surface area contributed by atoms with Crippen molar-refractivity contribution < 1.29 is 18.9 Å². The number of amides is 1. The fourth-order valence-corrected chi connectivity index (χ4v) is 2.32. The molecule has 2 aromatic heterocycles. The van der Waals surface area contributed by atoms with Crippen LogP contribution in [0.15, 0.2) is 58.3 Å². The van der Waals surface area contributed by atoms with Crippen LogP contribution in [0.25, 0.3) is 0 Å². The number of hydrazone groups is 1. The Morgan fingerprint density at radius 1 is 1.36 bits per heavy atom. The standard InChI is InChI=1S/C18H17N5O5/c1-2-27-15-5-3-13(4-6-15)9-19-21-18(24)17-8-7-16(28-17)12-22-11-14(10-20-22)23(25)26/h3-11H,2,12H2,1H3,(H,21,24). The molecule has 10 nitrogen and oxygen atoms in total. The maximum Gasteiger partial charge on any atom is 0.307 e. The highest BCUT2D eigenvalue weighted by Gasteiger charge is 2.13. The molecule has 0 aliphatic rings. The number of carbonyl (C=O) groups is 1. The Morgan fingerprint density at radius 3 is 2.82 bits per heavy atom. The molecule has 1 aromatic carbocycles. The summed E-state index contributed by atoms with van der Waals surface area (Å²) < 4.78 is 12.1. The van der Waals surface area contributed by atoms with E-state index < -0.39 is 10.8 Å². The van der Waals surface area contributed by atoms with Crippen molar-refractivity contribution in [3.63, 3.8) is 0 Å². The Labute approximate surface area is 159 Å². The number of nitrogens with zero attached hydrogens (tertiary/aromatic N) is 4. The van der Waals surface area contributed by atoms with Crippen LogP contribution in [0.3, 0.4) is 0 Å². The zero-order valence-electron chi connectivity index (χ0n) is 14.9. The second kappa shape index (κ2) is 8.62. The third-order valence-electron chi connectivity index (χ3n) is 3.60. The van der Waals surface area contributed by atoms with Crippen LogP contribution in [0.1, 0.15) is 28.8 Å². The fourth-order valence-electron chi connectivity index (χ4n) is 2.32. The number of nitrogens with one attached hydrogen (secondary N) is 1. The molecule has 0 fully saturated rings. The first-order valence-electron chi connectivity index (χ1n) is 8.37. The number of nitro groups is 1. The second-order valence-corrected chi connectivity index (χ2v) is 5.62. The minimum absolute atomic E-state index is 0.0699. The average molecular weight is 383 g/mol. The van der Waals surface area contributed by atoms with Gasteiger partial charge in [-0.25, -0.2) is 5.43 Å². The van der Waals surface area contributed by atoms with E-state index in [4.69, 9.17) is 9.15 Å². The number of hydrogen-bond donors (Lipinski definition) is 1. The maximum absolute atomic E-state index is 12.1. The van der Waals surface area contributed by atoms with E-state index in [1.165, 1.54) is 23.2 Å². The molecule has 0 aliphatic carbocycles. The summed E-state index contributed by atoms with van der Waals surface area (Å²) in [5.41, 5.74) is 3.06. The minimum Gasteiger partial charge on any atom is -0.494 e. The van der Waals surface area contributed by atoms with Gasteiger partial charge < -0.3 is 9.15 Å². The van der Waals surface area contributed by atoms with E-state index in [0.29, 0.717) is 12.4 Å². The van der Waals surface area contributed by atoms with E-state index >= 15 is 0 Å². The summed E-state index contributed by atoms with van der Waals surface area (Å²) in [5.74, 6) is 0.744. The Morgan fingerprint density at radius 2 is 2.14 bits per heavy atom. The molecule has 0 saturated heterocycles. The molecule has 3 rings (SSSR count). The molecule has 1 amide bonds. The zero-order valence-corrected chi connectivity index (χ0v) is 14.9. The van der Waals surface area contributed by atoms with E-state index in [9.17, 15) is 14.9 Å². The van der Waals surface area contributed by atoms with Gasteiger partial charge in [0.15, 0.2) is 5.76 Å². The van der Waals surface area contributed by atoms with Gasteiger partial charge in [-0.2, -0.15) is 10.2 Å². The Bertz CT molecular complexity index is 990. The summed E-state index contributed by atoms with van der Waals surface area (Å²) in [7, 11) is 0. The van der Waals surface area contributed by atoms with Crippen LogP contribution in [0.5, 0.6) is 5.75 Å². The molecule has 0 unspecified atom stereocenters. The van der Waals surface area contributed by atoms with Crippen molar-refractivity contribution >= 4 is 17.8 Å². The van der Waals surface area contributed by atoms with E-state index in [0.717, 1.165) is 17.5 Å². The SMILES string of the molecule is CCOc1ccc(C=NNC(=O)c2ccc(Cn3cc([N+](=O)[O-])cn3)o2)cc1. The van der Waals surface area contributed by atoms with Crippen molar-refractivity contribution in [3.8, 4) is 5.75 Å². The van der Waals surface area contributed by atoms with E-state index in [-0.39, 0.29) is 18.0 Å². The molecule has 0 saturated carbocycles. The number of furan rings is 1. The summed E-state index contributed by atoms with van der Waals surface area (Å²) in [6.45, 7) is 2.66. The van der Waals surface area contributed by atoms with Crippen LogP contribution in [-0.4, -0.2) is 33.4 Å². The van der Waals surface area contributed by atoms with Crippen molar-refractivity contribution in [3.05, 3.63) is 76.0 Å². The topological polar surface area (TPSA) is 125 Å². The van der Waals surface area contributed by atoms with Gasteiger partial charge in [0.05, 0.1) is 24.3 Å². The predicted molar refractivity (Wildman–Crippen MR) is 99.4 cm³/mol. The van der Waals surface area contributed by atoms with Gasteiger partial charge in [-0.3, -0.25) is 19.6 Å². The Kier molecular flexibility index (Phi) is 5.80. The van der Waals surface area contributed by atoms with Crippen LogP contribution < -0.4 is 10.2 Å². The van der Waals surface area contributed by atoms with Gasteiger partial charge in [0.2, 0.25) is 0 Å². The van der Waals surface area contributed by atoms with Crippen molar-refractivity contribution in [1.82, 2.24) is 15.2 Å². The van der Waals surface area contributed by atoms with Crippen LogP contribution in [0, 0.1) is 10.1 Å². The quantitative estimate of drug-likeness (QED) is 0.362. The van der Waals surface area contributed by atoms with Crippen molar-refractivity contribution in [2.45, 2.75) is 13.5 Å². The zero-order chi connectivity index (χ0) is 19.9. The van der Waals surface area contributed by atoms with Gasteiger partial charge in [-0.1, -0.05) is 0 Å². The van der Waals surface area contributed by atoms with Gasteiger partial charge in [-0.05, 0) is 48.9 Å². The summed E-state index contributed by atoms with van der Waals surface area (Å²) in [6, 6.07) is 10.3. The van der Waals surface area contributed by atoms with Crippen LogP contribution >= 0.6 is 0 Å². The third kappa shape index (κ3) is 4.81. The molecule has 2 heterocycles. The van der Waals surface area contributed by atoms with E-state index in [2.05, 4.69) is 15.6 Å². The maximum atomic E-state index is 12.1. The molecule has 28 heavy (non-hydrogen) atoms. The lowest BCUT2D eigenvalue weighted by Crippen LogP contribution is -2.16. The number of aromatic nitrogens is 2. The molecule has 0 radical (unpaired) electrons. The predicted octanol–water partition coefficient (Wildman–Crippen LogP) is 2.60. The Balaban J connectivity index is 1.55. The second-order valence-electron chi connectivity index (χ2n) is 5.62. The highest BCUT2D eigenvalue weighted by Crippen LogP contribution is 2.13. The average Bonchev–Trinajstić information content (AvgIpc) is 3.33. The van der Waals surface area contributed by atoms with Crippen LogP contribution in [0.4, 0.5) is 5.69 Å². The van der Waals surface area contributed by atoms with Crippen molar-refractivity contribution in [1.29, 1.82) is 0 Å². The molecule has 144 valence electrons. The Hall–Kier alpha value is -3.95.